The molecule has 0 bridgehead atoms. The van der Waals surface area contributed by atoms with E-state index in [1.807, 2.05) is 4.90 Å². The van der Waals surface area contributed by atoms with Gasteiger partial charge in [-0.05, 0) is 80.1 Å². The van der Waals surface area contributed by atoms with Crippen molar-refractivity contribution in [3.63, 3.8) is 0 Å². The molecule has 0 spiro atoms. The van der Waals surface area contributed by atoms with Crippen LogP contribution in [0.1, 0.15) is 55.6 Å². The molecule has 1 aromatic rings. The molecule has 2 fully saturated rings. The second-order valence-electron chi connectivity index (χ2n) is 8.30. The van der Waals surface area contributed by atoms with Crippen LogP contribution in [0.4, 0.5) is 5.69 Å². The van der Waals surface area contributed by atoms with Crippen LogP contribution >= 0.6 is 0 Å². The maximum Gasteiger partial charge on any atom is 0.229 e. The van der Waals surface area contributed by atoms with Crippen molar-refractivity contribution in [2.45, 2.75) is 50.9 Å². The number of hydrogen-bond donors (Lipinski definition) is 1. The van der Waals surface area contributed by atoms with Crippen LogP contribution in [-0.4, -0.2) is 39.3 Å². The summed E-state index contributed by atoms with van der Waals surface area (Å²) in [4.78, 5) is 14.3. The van der Waals surface area contributed by atoms with Crippen LogP contribution in [0, 0.1) is 11.8 Å². The SMILES string of the molecule is COCCC(=O)N1CCc2cc(C3CC3CCC3CCNCC3)ccc21. The fourth-order valence-corrected chi connectivity index (χ4v) is 4.83. The number of anilines is 1. The normalized spacial score (nSPS) is 25.3. The van der Waals surface area contributed by atoms with Crippen LogP contribution in [0.5, 0.6) is 0 Å². The first-order valence-electron chi connectivity index (χ1n) is 10.4. The Morgan fingerprint density at radius 1 is 1.27 bits per heavy atom. The summed E-state index contributed by atoms with van der Waals surface area (Å²) in [6.07, 6.45) is 8.36. The van der Waals surface area contributed by atoms with Crippen LogP contribution in [0.15, 0.2) is 18.2 Å². The number of carbonyl (C=O) groups excluding carboxylic acids is 1. The molecule has 4 rings (SSSR count). The molecule has 0 aromatic heterocycles. The van der Waals surface area contributed by atoms with E-state index >= 15 is 0 Å². The van der Waals surface area contributed by atoms with E-state index in [-0.39, 0.29) is 5.91 Å². The van der Waals surface area contributed by atoms with Crippen molar-refractivity contribution < 1.29 is 9.53 Å². The average molecular weight is 357 g/mol. The van der Waals surface area contributed by atoms with E-state index < -0.39 is 0 Å². The van der Waals surface area contributed by atoms with Gasteiger partial charge in [0.2, 0.25) is 5.91 Å². The van der Waals surface area contributed by atoms with Gasteiger partial charge in [0.05, 0.1) is 13.0 Å². The zero-order chi connectivity index (χ0) is 17.9. The molecule has 1 amide bonds. The van der Waals surface area contributed by atoms with Crippen LogP contribution in [0.2, 0.25) is 0 Å². The fraction of sp³-hybridized carbons (Fsp3) is 0.682. The largest absolute Gasteiger partial charge is 0.384 e. The Balaban J connectivity index is 1.32. The molecule has 2 atom stereocenters. The number of nitrogens with zero attached hydrogens (tertiary/aromatic N) is 1. The molecule has 2 heterocycles. The van der Waals surface area contributed by atoms with Crippen molar-refractivity contribution in [1.82, 2.24) is 5.32 Å². The molecule has 142 valence electrons. The predicted molar refractivity (Wildman–Crippen MR) is 105 cm³/mol. The van der Waals surface area contributed by atoms with E-state index in [1.165, 1.54) is 56.3 Å². The fourth-order valence-electron chi connectivity index (χ4n) is 4.83. The molecule has 1 saturated carbocycles. The van der Waals surface area contributed by atoms with Gasteiger partial charge < -0.3 is 15.0 Å². The van der Waals surface area contributed by atoms with Gasteiger partial charge >= 0.3 is 0 Å². The highest BCUT2D eigenvalue weighted by atomic mass is 16.5. The van der Waals surface area contributed by atoms with Crippen LogP contribution < -0.4 is 10.2 Å². The minimum Gasteiger partial charge on any atom is -0.384 e. The highest BCUT2D eigenvalue weighted by Crippen LogP contribution is 2.51. The van der Waals surface area contributed by atoms with Crippen molar-refractivity contribution >= 4 is 11.6 Å². The van der Waals surface area contributed by atoms with Gasteiger partial charge in [-0.25, -0.2) is 0 Å². The lowest BCUT2D eigenvalue weighted by atomic mass is 9.91. The minimum absolute atomic E-state index is 0.185. The van der Waals surface area contributed by atoms with E-state index in [2.05, 4.69) is 23.5 Å². The predicted octanol–water partition coefficient (Wildman–Crippen LogP) is 3.50. The van der Waals surface area contributed by atoms with Crippen molar-refractivity contribution in [3.05, 3.63) is 29.3 Å². The van der Waals surface area contributed by atoms with Gasteiger partial charge in [0.1, 0.15) is 0 Å². The molecule has 2 aliphatic heterocycles. The molecular weight excluding hydrogens is 324 g/mol. The molecular formula is C22H32N2O2. The molecule has 1 saturated heterocycles. The number of piperidine rings is 1. The van der Waals surface area contributed by atoms with Crippen molar-refractivity contribution in [2.24, 2.45) is 11.8 Å². The lowest BCUT2D eigenvalue weighted by molar-refractivity contribution is -0.119. The first kappa shape index (κ1) is 18.0. The number of methoxy groups -OCH3 is 1. The molecule has 1 aliphatic carbocycles. The number of hydrogen-bond acceptors (Lipinski definition) is 3. The average Bonchev–Trinajstić information content (AvgIpc) is 3.34. The Kier molecular flexibility index (Phi) is 5.60. The first-order chi connectivity index (χ1) is 12.8. The van der Waals surface area contributed by atoms with Crippen molar-refractivity contribution in [1.29, 1.82) is 0 Å². The third-order valence-electron chi connectivity index (χ3n) is 6.58. The standard InChI is InChI=1S/C22H32N2O2/c1-26-13-9-22(25)24-12-8-19-14-17(4-5-21(19)24)20-15-18(20)3-2-16-6-10-23-11-7-16/h4-5,14,16,18,20,23H,2-3,6-13,15H2,1H3. The summed E-state index contributed by atoms with van der Waals surface area (Å²) in [7, 11) is 1.65. The lowest BCUT2D eigenvalue weighted by Gasteiger charge is -2.22. The first-order valence-corrected chi connectivity index (χ1v) is 10.4. The molecule has 4 heteroatoms. The van der Waals surface area contributed by atoms with Crippen molar-refractivity contribution in [3.8, 4) is 0 Å². The summed E-state index contributed by atoms with van der Waals surface area (Å²) in [5.74, 6) is 2.79. The molecule has 1 aromatic carbocycles. The van der Waals surface area contributed by atoms with Gasteiger partial charge in [-0.2, -0.15) is 0 Å². The second kappa shape index (κ2) is 8.10. The smallest absolute Gasteiger partial charge is 0.229 e. The van der Waals surface area contributed by atoms with Crippen LogP contribution in [0.25, 0.3) is 0 Å². The van der Waals surface area contributed by atoms with Gasteiger partial charge in [0.15, 0.2) is 0 Å². The molecule has 1 N–H and O–H groups in total. The van der Waals surface area contributed by atoms with E-state index in [0.717, 1.165) is 36.4 Å². The highest BCUT2D eigenvalue weighted by Gasteiger charge is 2.38. The maximum absolute atomic E-state index is 12.3. The lowest BCUT2D eigenvalue weighted by Crippen LogP contribution is -2.29. The number of benzene rings is 1. The molecule has 0 radical (unpaired) electrons. The zero-order valence-electron chi connectivity index (χ0n) is 16.0. The molecule has 26 heavy (non-hydrogen) atoms. The summed E-state index contributed by atoms with van der Waals surface area (Å²) in [6, 6.07) is 6.84. The quantitative estimate of drug-likeness (QED) is 0.813. The number of nitrogens with one attached hydrogen (secondary N) is 1. The Morgan fingerprint density at radius 3 is 2.92 bits per heavy atom. The van der Waals surface area contributed by atoms with Gasteiger partial charge in [-0.1, -0.05) is 18.6 Å². The zero-order valence-corrected chi connectivity index (χ0v) is 16.0. The topological polar surface area (TPSA) is 41.6 Å². The van der Waals surface area contributed by atoms with Gasteiger partial charge in [-0.3, -0.25) is 4.79 Å². The number of fused-ring (bicyclic) bond motifs is 1. The van der Waals surface area contributed by atoms with Gasteiger partial charge in [0, 0.05) is 19.3 Å². The number of ether oxygens (including phenoxy) is 1. The number of carbonyl (C=O) groups is 1. The Bertz CT molecular complexity index is 639. The highest BCUT2D eigenvalue weighted by molar-refractivity contribution is 5.95. The monoisotopic (exact) mass is 356 g/mol. The molecule has 2 unspecified atom stereocenters. The van der Waals surface area contributed by atoms with Crippen LogP contribution in [0.3, 0.4) is 0 Å². The van der Waals surface area contributed by atoms with E-state index in [4.69, 9.17) is 4.74 Å². The third-order valence-corrected chi connectivity index (χ3v) is 6.58. The third kappa shape index (κ3) is 3.96. The molecule has 4 nitrogen and oxygen atoms in total. The number of rotatable bonds is 7. The summed E-state index contributed by atoms with van der Waals surface area (Å²) < 4.78 is 5.05. The van der Waals surface area contributed by atoms with E-state index in [1.54, 1.807) is 7.11 Å². The number of amides is 1. The van der Waals surface area contributed by atoms with Crippen LogP contribution in [-0.2, 0) is 16.0 Å². The molecule has 3 aliphatic rings. The van der Waals surface area contributed by atoms with Gasteiger partial charge in [-0.15, -0.1) is 0 Å². The summed E-state index contributed by atoms with van der Waals surface area (Å²) in [5, 5.41) is 3.46. The summed E-state index contributed by atoms with van der Waals surface area (Å²) in [5.41, 5.74) is 3.99. The summed E-state index contributed by atoms with van der Waals surface area (Å²) in [6.45, 7) is 3.75. The minimum atomic E-state index is 0.185. The van der Waals surface area contributed by atoms with E-state index in [9.17, 15) is 4.79 Å². The van der Waals surface area contributed by atoms with Crippen molar-refractivity contribution in [2.75, 3.05) is 38.3 Å². The Hall–Kier alpha value is -1.39. The maximum atomic E-state index is 12.3. The Labute approximate surface area is 157 Å². The van der Waals surface area contributed by atoms with Gasteiger partial charge in [0.25, 0.3) is 0 Å². The Morgan fingerprint density at radius 2 is 2.12 bits per heavy atom. The second-order valence-corrected chi connectivity index (χ2v) is 8.30. The summed E-state index contributed by atoms with van der Waals surface area (Å²) >= 11 is 0. The van der Waals surface area contributed by atoms with E-state index in [0.29, 0.717) is 13.0 Å².